The molecule has 1 atom stereocenters. The summed E-state index contributed by atoms with van der Waals surface area (Å²) in [4.78, 5) is 62.4. The van der Waals surface area contributed by atoms with Gasteiger partial charge in [0.1, 0.15) is 18.0 Å². The molecule has 4 aromatic heterocycles. The Morgan fingerprint density at radius 1 is 1.20 bits per heavy atom. The minimum Gasteiger partial charge on any atom is -0.544 e. The van der Waals surface area contributed by atoms with Crippen LogP contribution in [0.3, 0.4) is 0 Å². The van der Waals surface area contributed by atoms with Crippen LogP contribution in [0.15, 0.2) is 28.5 Å². The van der Waals surface area contributed by atoms with E-state index < -0.39 is 5.97 Å². The van der Waals surface area contributed by atoms with Crippen molar-refractivity contribution >= 4 is 57.9 Å². The van der Waals surface area contributed by atoms with Crippen LogP contribution in [0.5, 0.6) is 0 Å². The molecule has 0 aromatic carbocycles. The molecule has 1 saturated heterocycles. The van der Waals surface area contributed by atoms with Gasteiger partial charge < -0.3 is 24.6 Å². The first-order valence-corrected chi connectivity index (χ1v) is 16.9. The highest BCUT2D eigenvalue weighted by Crippen LogP contribution is 2.28. The van der Waals surface area contributed by atoms with E-state index in [-0.39, 0.29) is 57.6 Å². The molecule has 1 fully saturated rings. The number of aromatic amines is 1. The fourth-order valence-corrected chi connectivity index (χ4v) is 6.53. The SMILES string of the molecule is CC(C)(C)c1csc(NC(=O)c2ccn3c(=O)c(/C=C/c4nn[nH]n4)c(N4CCC[C@@H](CC(=O)NCC[N+](C)(C)CC(=O)[O-])C4)nc3c2)n1. The summed E-state index contributed by atoms with van der Waals surface area (Å²) in [6, 6.07) is 3.13. The van der Waals surface area contributed by atoms with E-state index in [0.717, 1.165) is 18.5 Å². The zero-order chi connectivity index (χ0) is 35.3. The van der Waals surface area contributed by atoms with Gasteiger partial charge in [-0.2, -0.15) is 5.21 Å². The molecule has 0 radical (unpaired) electrons. The predicted molar refractivity (Wildman–Crippen MR) is 183 cm³/mol. The zero-order valence-corrected chi connectivity index (χ0v) is 29.0. The van der Waals surface area contributed by atoms with Gasteiger partial charge in [-0.15, -0.1) is 21.5 Å². The number of pyridine rings is 1. The van der Waals surface area contributed by atoms with Gasteiger partial charge in [-0.3, -0.25) is 24.1 Å². The van der Waals surface area contributed by atoms with Gasteiger partial charge in [-0.1, -0.05) is 20.8 Å². The van der Waals surface area contributed by atoms with E-state index in [2.05, 4.69) is 57.0 Å². The van der Waals surface area contributed by atoms with Crippen LogP contribution in [0, 0.1) is 5.92 Å². The first-order chi connectivity index (χ1) is 23.2. The van der Waals surface area contributed by atoms with Crippen LogP contribution in [0.4, 0.5) is 10.9 Å². The van der Waals surface area contributed by atoms with Crippen LogP contribution in [-0.4, -0.2) is 104 Å². The Morgan fingerprint density at radius 3 is 2.69 bits per heavy atom. The second-order valence-corrected chi connectivity index (χ2v) is 14.7. The molecule has 5 rings (SSSR count). The number of nitrogens with one attached hydrogen (secondary N) is 3. The molecule has 0 aliphatic carbocycles. The number of rotatable bonds is 12. The molecular weight excluding hydrogens is 650 g/mol. The molecule has 4 aromatic rings. The third kappa shape index (κ3) is 9.11. The maximum absolute atomic E-state index is 13.9. The number of carbonyl (C=O) groups is 3. The molecule has 1 aliphatic heterocycles. The number of carbonyl (C=O) groups excluding carboxylic acids is 3. The third-order valence-corrected chi connectivity index (χ3v) is 9.01. The first kappa shape index (κ1) is 35.3. The Morgan fingerprint density at radius 2 is 2.00 bits per heavy atom. The summed E-state index contributed by atoms with van der Waals surface area (Å²) in [7, 11) is 3.54. The molecule has 2 amide bonds. The van der Waals surface area contributed by atoms with Crippen LogP contribution in [-0.2, 0) is 15.0 Å². The molecule has 5 heterocycles. The largest absolute Gasteiger partial charge is 0.544 e. The quantitative estimate of drug-likeness (QED) is 0.178. The van der Waals surface area contributed by atoms with Gasteiger partial charge in [-0.25, -0.2) is 9.97 Å². The number of amides is 2. The number of piperidine rings is 1. The summed E-state index contributed by atoms with van der Waals surface area (Å²) < 4.78 is 1.57. The molecule has 49 heavy (non-hydrogen) atoms. The maximum Gasteiger partial charge on any atom is 0.267 e. The number of hydrogen-bond acceptors (Lipinski definition) is 12. The lowest BCUT2D eigenvalue weighted by Crippen LogP contribution is -2.51. The molecule has 0 bridgehead atoms. The molecule has 16 nitrogen and oxygen atoms in total. The molecule has 17 heteroatoms. The fraction of sp³-hybridized carbons (Fsp3) is 0.469. The molecule has 0 spiro atoms. The van der Waals surface area contributed by atoms with E-state index in [1.165, 1.54) is 21.9 Å². The monoisotopic (exact) mass is 691 g/mol. The molecule has 0 saturated carbocycles. The lowest BCUT2D eigenvalue weighted by Gasteiger charge is -2.34. The second kappa shape index (κ2) is 14.6. The number of carboxylic acids is 1. The van der Waals surface area contributed by atoms with Gasteiger partial charge in [0.05, 0.1) is 44.4 Å². The van der Waals surface area contributed by atoms with E-state index in [4.69, 9.17) is 4.98 Å². The van der Waals surface area contributed by atoms with E-state index >= 15 is 0 Å². The lowest BCUT2D eigenvalue weighted by atomic mass is 9.93. The topological polar surface area (TPSA) is 203 Å². The van der Waals surface area contributed by atoms with Crippen molar-refractivity contribution < 1.29 is 24.0 Å². The zero-order valence-electron chi connectivity index (χ0n) is 28.2. The average molecular weight is 692 g/mol. The summed E-state index contributed by atoms with van der Waals surface area (Å²) in [5, 5.41) is 33.0. The van der Waals surface area contributed by atoms with Gasteiger partial charge in [0.15, 0.2) is 11.0 Å². The van der Waals surface area contributed by atoms with Gasteiger partial charge in [-0.05, 0) is 48.3 Å². The number of carboxylic acid groups (broad SMARTS) is 1. The number of aliphatic carboxylic acids is 1. The number of nitrogens with zero attached hydrogens (tertiary/aromatic N) is 8. The Hall–Kier alpha value is -5.03. The van der Waals surface area contributed by atoms with Crippen LogP contribution in [0.1, 0.15) is 67.5 Å². The van der Waals surface area contributed by atoms with Crippen molar-refractivity contribution in [1.29, 1.82) is 0 Å². The van der Waals surface area contributed by atoms with Crippen molar-refractivity contribution in [2.75, 3.05) is 57.0 Å². The van der Waals surface area contributed by atoms with E-state index in [1.807, 2.05) is 10.3 Å². The number of fused-ring (bicyclic) bond motifs is 1. The maximum atomic E-state index is 13.9. The van der Waals surface area contributed by atoms with Crippen LogP contribution in [0.25, 0.3) is 17.8 Å². The third-order valence-electron chi connectivity index (χ3n) is 8.25. The highest BCUT2D eigenvalue weighted by atomic mass is 32.1. The van der Waals surface area contributed by atoms with Crippen LogP contribution < -0.4 is 26.2 Å². The Labute approximate surface area is 286 Å². The average Bonchev–Trinajstić information content (AvgIpc) is 3.72. The summed E-state index contributed by atoms with van der Waals surface area (Å²) in [5.41, 5.74) is 1.27. The van der Waals surface area contributed by atoms with Crippen molar-refractivity contribution in [3.63, 3.8) is 0 Å². The number of aromatic nitrogens is 7. The minimum absolute atomic E-state index is 0.0119. The van der Waals surface area contributed by atoms with Gasteiger partial charge in [0.25, 0.3) is 11.5 Å². The van der Waals surface area contributed by atoms with E-state index in [9.17, 15) is 24.3 Å². The van der Waals surface area contributed by atoms with Gasteiger partial charge in [0.2, 0.25) is 5.91 Å². The Balaban J connectivity index is 1.38. The van der Waals surface area contributed by atoms with Crippen molar-refractivity contribution in [2.24, 2.45) is 5.92 Å². The number of tetrazole rings is 1. The van der Waals surface area contributed by atoms with E-state index in [1.54, 1.807) is 38.4 Å². The predicted octanol–water partition coefficient (Wildman–Crippen LogP) is 0.933. The summed E-state index contributed by atoms with van der Waals surface area (Å²) in [5.74, 6) is -0.953. The number of likely N-dealkylation sites (N-methyl/N-ethyl adjacent to an activating group) is 1. The lowest BCUT2D eigenvalue weighted by molar-refractivity contribution is -0.883. The number of hydrogen-bond donors (Lipinski definition) is 3. The van der Waals surface area contributed by atoms with E-state index in [0.29, 0.717) is 48.3 Å². The van der Waals surface area contributed by atoms with Crippen molar-refractivity contribution in [3.8, 4) is 0 Å². The first-order valence-electron chi connectivity index (χ1n) is 16.0. The molecule has 3 N–H and O–H groups in total. The molecular formula is C32H41N11O5S. The number of quaternary nitrogens is 1. The molecule has 0 unspecified atom stereocenters. The van der Waals surface area contributed by atoms with Gasteiger partial charge >= 0.3 is 0 Å². The number of H-pyrrole nitrogens is 1. The second-order valence-electron chi connectivity index (χ2n) is 13.8. The van der Waals surface area contributed by atoms with Crippen molar-refractivity contribution in [1.82, 2.24) is 40.3 Å². The highest BCUT2D eigenvalue weighted by molar-refractivity contribution is 7.14. The summed E-state index contributed by atoms with van der Waals surface area (Å²) in [6.07, 6.45) is 6.54. The Bertz CT molecular complexity index is 1910. The van der Waals surface area contributed by atoms with Crippen LogP contribution in [0.2, 0.25) is 0 Å². The summed E-state index contributed by atoms with van der Waals surface area (Å²) >= 11 is 1.35. The number of thiazole rings is 1. The smallest absolute Gasteiger partial charge is 0.267 e. The van der Waals surface area contributed by atoms with Crippen LogP contribution >= 0.6 is 11.3 Å². The fourth-order valence-electron chi connectivity index (χ4n) is 5.60. The van der Waals surface area contributed by atoms with Crippen molar-refractivity contribution in [3.05, 3.63) is 56.7 Å². The van der Waals surface area contributed by atoms with Gasteiger partial charge in [0, 0.05) is 42.1 Å². The Kier molecular flexibility index (Phi) is 10.5. The minimum atomic E-state index is -1.14. The standard InChI is InChI=1S/C32H41N11O5S/c1-32(2,3)23-19-49-31(34-23)36-29(47)21-10-13-42-25(16-21)35-28(22(30(42)48)8-9-24-37-39-40-38-24)41-12-6-7-20(17-41)15-26(44)33-11-14-43(4,5)18-27(45)46/h8-10,13,16,19-20H,6-7,11-12,14-15,17-18H2,1-5H3,(H3-,33,34,36,37,38,39,40,44,45,46,47)/t20-/m0/s1. The van der Waals surface area contributed by atoms with Crippen molar-refractivity contribution in [2.45, 2.75) is 45.4 Å². The molecule has 260 valence electrons. The normalized spacial score (nSPS) is 15.5. The highest BCUT2D eigenvalue weighted by Gasteiger charge is 2.27. The molecule has 1 aliphatic rings. The number of anilines is 2. The summed E-state index contributed by atoms with van der Waals surface area (Å²) in [6.45, 7) is 7.87.